The van der Waals surface area contributed by atoms with Gasteiger partial charge in [-0.25, -0.2) is 0 Å². The summed E-state index contributed by atoms with van der Waals surface area (Å²) in [4.78, 5) is 14.0. The predicted octanol–water partition coefficient (Wildman–Crippen LogP) is 2.72. The summed E-state index contributed by atoms with van der Waals surface area (Å²) in [6.45, 7) is 4.25. The van der Waals surface area contributed by atoms with E-state index in [1.807, 2.05) is 12.1 Å². The summed E-state index contributed by atoms with van der Waals surface area (Å²) >= 11 is 0. The average molecular weight is 263 g/mol. The number of carbonyl (C=O) groups excluding carboxylic acids is 1. The Morgan fingerprint density at radius 1 is 1.32 bits per heavy atom. The van der Waals surface area contributed by atoms with Gasteiger partial charge in [0, 0.05) is 17.8 Å². The lowest BCUT2D eigenvalue weighted by Crippen LogP contribution is -2.22. The first-order chi connectivity index (χ1) is 9.11. The lowest BCUT2D eigenvalue weighted by molar-refractivity contribution is -0.116. The third-order valence-corrected chi connectivity index (χ3v) is 3.01. The van der Waals surface area contributed by atoms with E-state index in [2.05, 4.69) is 24.2 Å². The maximum Gasteiger partial charge on any atom is 0.224 e. The lowest BCUT2D eigenvalue weighted by Gasteiger charge is -2.15. The molecular formula is C15H25N3O. The number of nitrogens with one attached hydrogen (secondary N) is 1. The number of hydrogen-bond acceptors (Lipinski definition) is 3. The van der Waals surface area contributed by atoms with Crippen molar-refractivity contribution in [1.82, 2.24) is 4.90 Å². The van der Waals surface area contributed by atoms with E-state index in [4.69, 9.17) is 5.73 Å². The summed E-state index contributed by atoms with van der Waals surface area (Å²) < 4.78 is 0. The topological polar surface area (TPSA) is 58.4 Å². The summed E-state index contributed by atoms with van der Waals surface area (Å²) in [5, 5.41) is 2.86. The van der Waals surface area contributed by atoms with E-state index in [1.54, 1.807) is 12.1 Å². The van der Waals surface area contributed by atoms with E-state index in [9.17, 15) is 4.79 Å². The normalized spacial score (nSPS) is 10.7. The Morgan fingerprint density at radius 2 is 2.05 bits per heavy atom. The van der Waals surface area contributed by atoms with Crippen LogP contribution in [-0.4, -0.2) is 30.9 Å². The van der Waals surface area contributed by atoms with Crippen LogP contribution in [0.25, 0.3) is 0 Å². The second-order valence-corrected chi connectivity index (χ2v) is 4.93. The summed E-state index contributed by atoms with van der Waals surface area (Å²) in [5.41, 5.74) is 7.09. The van der Waals surface area contributed by atoms with E-state index >= 15 is 0 Å². The van der Waals surface area contributed by atoms with Crippen molar-refractivity contribution in [2.75, 3.05) is 31.2 Å². The zero-order chi connectivity index (χ0) is 14.1. The largest absolute Gasteiger partial charge is 0.399 e. The van der Waals surface area contributed by atoms with E-state index in [-0.39, 0.29) is 5.91 Å². The molecule has 19 heavy (non-hydrogen) atoms. The smallest absolute Gasteiger partial charge is 0.224 e. The molecule has 0 atom stereocenters. The first-order valence-corrected chi connectivity index (χ1v) is 6.95. The SMILES string of the molecule is CCCCN(C)CCCC(=O)Nc1cccc(N)c1. The standard InChI is InChI=1S/C15H25N3O/c1-3-4-10-18(2)11-6-9-15(19)17-14-8-5-7-13(16)12-14/h5,7-8,12H,3-4,6,9-11,16H2,1-2H3,(H,17,19). The first kappa shape index (κ1) is 15.5. The molecule has 1 aromatic rings. The highest BCUT2D eigenvalue weighted by atomic mass is 16.1. The number of unbranched alkanes of at least 4 members (excludes halogenated alkanes) is 1. The van der Waals surface area contributed by atoms with Crippen LogP contribution in [0.1, 0.15) is 32.6 Å². The van der Waals surface area contributed by atoms with Gasteiger partial charge in [0.1, 0.15) is 0 Å². The van der Waals surface area contributed by atoms with Gasteiger partial charge in [-0.3, -0.25) is 4.79 Å². The maximum absolute atomic E-state index is 11.7. The van der Waals surface area contributed by atoms with E-state index in [0.717, 1.165) is 25.2 Å². The molecule has 1 amide bonds. The van der Waals surface area contributed by atoms with Crippen LogP contribution in [0.3, 0.4) is 0 Å². The minimum absolute atomic E-state index is 0.0505. The van der Waals surface area contributed by atoms with Crippen LogP contribution in [0.4, 0.5) is 11.4 Å². The van der Waals surface area contributed by atoms with Gasteiger partial charge in [0.2, 0.25) is 5.91 Å². The van der Waals surface area contributed by atoms with Crippen molar-refractivity contribution in [3.63, 3.8) is 0 Å². The van der Waals surface area contributed by atoms with Crippen molar-refractivity contribution in [2.24, 2.45) is 0 Å². The van der Waals surface area contributed by atoms with Gasteiger partial charge in [-0.2, -0.15) is 0 Å². The molecule has 0 unspecified atom stereocenters. The summed E-state index contributed by atoms with van der Waals surface area (Å²) in [7, 11) is 2.10. The number of carbonyl (C=O) groups is 1. The number of anilines is 2. The number of rotatable bonds is 8. The summed E-state index contributed by atoms with van der Waals surface area (Å²) in [6.07, 6.45) is 3.85. The highest BCUT2D eigenvalue weighted by Gasteiger charge is 2.04. The van der Waals surface area contributed by atoms with Gasteiger partial charge in [-0.05, 0) is 51.2 Å². The highest BCUT2D eigenvalue weighted by molar-refractivity contribution is 5.91. The molecule has 0 aliphatic heterocycles. The van der Waals surface area contributed by atoms with Gasteiger partial charge in [-0.15, -0.1) is 0 Å². The van der Waals surface area contributed by atoms with Gasteiger partial charge >= 0.3 is 0 Å². The number of benzene rings is 1. The van der Waals surface area contributed by atoms with E-state index in [1.165, 1.54) is 12.8 Å². The number of nitrogen functional groups attached to an aromatic ring is 1. The number of hydrogen-bond donors (Lipinski definition) is 2. The van der Waals surface area contributed by atoms with Crippen molar-refractivity contribution in [3.8, 4) is 0 Å². The number of amides is 1. The zero-order valence-electron chi connectivity index (χ0n) is 12.0. The minimum atomic E-state index is 0.0505. The molecule has 1 aromatic carbocycles. The van der Waals surface area contributed by atoms with Crippen molar-refractivity contribution in [2.45, 2.75) is 32.6 Å². The Bertz CT molecular complexity index is 393. The molecule has 0 aliphatic rings. The van der Waals surface area contributed by atoms with Crippen LogP contribution < -0.4 is 11.1 Å². The molecule has 1 rings (SSSR count). The third kappa shape index (κ3) is 6.82. The molecule has 4 nitrogen and oxygen atoms in total. The molecule has 0 saturated heterocycles. The summed E-state index contributed by atoms with van der Waals surface area (Å²) in [5.74, 6) is 0.0505. The van der Waals surface area contributed by atoms with Gasteiger partial charge in [0.25, 0.3) is 0 Å². The quantitative estimate of drug-likeness (QED) is 0.709. The van der Waals surface area contributed by atoms with Crippen LogP contribution in [0.5, 0.6) is 0 Å². The van der Waals surface area contributed by atoms with Crippen LogP contribution in [0, 0.1) is 0 Å². The Kier molecular flexibility index (Phi) is 6.97. The number of nitrogens with zero attached hydrogens (tertiary/aromatic N) is 1. The van der Waals surface area contributed by atoms with Crippen LogP contribution in [0.15, 0.2) is 24.3 Å². The molecule has 106 valence electrons. The fourth-order valence-electron chi connectivity index (χ4n) is 1.89. The van der Waals surface area contributed by atoms with Crippen molar-refractivity contribution in [1.29, 1.82) is 0 Å². The van der Waals surface area contributed by atoms with Crippen LogP contribution in [0.2, 0.25) is 0 Å². The molecule has 0 aromatic heterocycles. The Hall–Kier alpha value is -1.55. The third-order valence-electron chi connectivity index (χ3n) is 3.01. The minimum Gasteiger partial charge on any atom is -0.399 e. The molecule has 0 heterocycles. The molecule has 0 spiro atoms. The van der Waals surface area contributed by atoms with Crippen molar-refractivity contribution >= 4 is 17.3 Å². The highest BCUT2D eigenvalue weighted by Crippen LogP contribution is 2.12. The molecule has 3 N–H and O–H groups in total. The molecule has 4 heteroatoms. The van der Waals surface area contributed by atoms with Crippen LogP contribution >= 0.6 is 0 Å². The zero-order valence-corrected chi connectivity index (χ0v) is 12.0. The average Bonchev–Trinajstić information content (AvgIpc) is 2.36. The molecule has 0 radical (unpaired) electrons. The fourth-order valence-corrected chi connectivity index (χ4v) is 1.89. The molecule has 0 bridgehead atoms. The second-order valence-electron chi connectivity index (χ2n) is 4.93. The Labute approximate surface area is 116 Å². The van der Waals surface area contributed by atoms with Crippen molar-refractivity contribution < 1.29 is 4.79 Å². The van der Waals surface area contributed by atoms with Gasteiger partial charge in [-0.1, -0.05) is 19.4 Å². The molecule has 0 saturated carbocycles. The van der Waals surface area contributed by atoms with Gasteiger partial charge < -0.3 is 16.0 Å². The predicted molar refractivity (Wildman–Crippen MR) is 81.1 cm³/mol. The Balaban J connectivity index is 2.21. The van der Waals surface area contributed by atoms with Gasteiger partial charge in [0.15, 0.2) is 0 Å². The fraction of sp³-hybridized carbons (Fsp3) is 0.533. The lowest BCUT2D eigenvalue weighted by atomic mass is 10.2. The van der Waals surface area contributed by atoms with E-state index in [0.29, 0.717) is 12.1 Å². The molecular weight excluding hydrogens is 238 g/mol. The summed E-state index contributed by atoms with van der Waals surface area (Å²) in [6, 6.07) is 7.26. The monoisotopic (exact) mass is 263 g/mol. The Morgan fingerprint density at radius 3 is 2.74 bits per heavy atom. The number of nitrogens with two attached hydrogens (primary N) is 1. The first-order valence-electron chi connectivity index (χ1n) is 6.95. The second kappa shape index (κ2) is 8.53. The molecule has 0 aliphatic carbocycles. The maximum atomic E-state index is 11.7. The van der Waals surface area contributed by atoms with Crippen LogP contribution in [-0.2, 0) is 4.79 Å². The van der Waals surface area contributed by atoms with E-state index < -0.39 is 0 Å². The molecule has 0 fully saturated rings. The van der Waals surface area contributed by atoms with Gasteiger partial charge in [0.05, 0.1) is 0 Å². The van der Waals surface area contributed by atoms with Crippen molar-refractivity contribution in [3.05, 3.63) is 24.3 Å².